The number of rotatable bonds is 3. The van der Waals surface area contributed by atoms with Gasteiger partial charge in [-0.2, -0.15) is 4.80 Å². The third kappa shape index (κ3) is 5.27. The Morgan fingerprint density at radius 3 is 1.14 bits per heavy atom. The van der Waals surface area contributed by atoms with Gasteiger partial charge in [-0.15, -0.1) is 0 Å². The van der Waals surface area contributed by atoms with Crippen molar-refractivity contribution in [3.63, 3.8) is 0 Å². The van der Waals surface area contributed by atoms with E-state index in [0.717, 1.165) is 20.8 Å². The van der Waals surface area contributed by atoms with Crippen LogP contribution in [0.5, 0.6) is 0 Å². The summed E-state index contributed by atoms with van der Waals surface area (Å²) in [5, 5.41) is 0. The lowest BCUT2D eigenvalue weighted by Gasteiger charge is -2.16. The van der Waals surface area contributed by atoms with E-state index in [1.165, 1.54) is 0 Å². The molecule has 0 amide bonds. The molecule has 0 N–H and O–H groups in total. The van der Waals surface area contributed by atoms with E-state index in [1.54, 1.807) is 0 Å². The first-order valence-corrected chi connectivity index (χ1v) is 5.17. The number of hydrogen-bond donors (Lipinski definition) is 0. The summed E-state index contributed by atoms with van der Waals surface area (Å²) in [6, 6.07) is 0. The van der Waals surface area contributed by atoms with Crippen LogP contribution in [0.1, 0.15) is 20.8 Å². The molecule has 14 heavy (non-hydrogen) atoms. The lowest BCUT2D eigenvalue weighted by Crippen LogP contribution is -2.48. The minimum atomic E-state index is -4.74. The van der Waals surface area contributed by atoms with E-state index in [-0.39, 0.29) is 0 Å². The van der Waals surface area contributed by atoms with Crippen LogP contribution in [0.15, 0.2) is 0 Å². The molecule has 7 nitrogen and oxygen atoms in total. The van der Waals surface area contributed by atoms with Crippen molar-refractivity contribution in [3.8, 4) is 0 Å². The van der Waals surface area contributed by atoms with E-state index in [4.69, 9.17) is 0 Å². The van der Waals surface area contributed by atoms with Crippen LogP contribution in [-0.2, 0) is 32.5 Å². The second kappa shape index (κ2) is 4.72. The van der Waals surface area contributed by atoms with Crippen LogP contribution in [0.4, 0.5) is 0 Å². The molecular formula is C6H9O7Si. The highest BCUT2D eigenvalue weighted by molar-refractivity contribution is 6.57. The average Bonchev–Trinajstić information content (AvgIpc) is 1.76. The fourth-order valence-electron chi connectivity index (χ4n) is 0.591. The highest BCUT2D eigenvalue weighted by Gasteiger charge is 2.56. The van der Waals surface area contributed by atoms with Crippen LogP contribution in [0, 0.1) is 0 Å². The summed E-state index contributed by atoms with van der Waals surface area (Å²) in [7, 11) is -4.74. The first-order chi connectivity index (χ1) is 6.25. The van der Waals surface area contributed by atoms with Crippen molar-refractivity contribution in [1.82, 2.24) is 0 Å². The van der Waals surface area contributed by atoms with Crippen molar-refractivity contribution in [2.24, 2.45) is 0 Å². The van der Waals surface area contributed by atoms with Crippen molar-refractivity contribution in [2.45, 2.75) is 20.8 Å². The van der Waals surface area contributed by atoms with Gasteiger partial charge in [-0.1, -0.05) is 0 Å². The van der Waals surface area contributed by atoms with E-state index in [2.05, 4.69) is 13.3 Å². The van der Waals surface area contributed by atoms with Gasteiger partial charge in [0, 0.05) is 20.8 Å². The average molecular weight is 221 g/mol. The zero-order chi connectivity index (χ0) is 11.4. The summed E-state index contributed by atoms with van der Waals surface area (Å²) in [6.07, 6.45) is 0. The maximum atomic E-state index is 11.3. The molecule has 0 aromatic carbocycles. The van der Waals surface area contributed by atoms with E-state index in [0.29, 0.717) is 0 Å². The molecule has 0 saturated carbocycles. The molecule has 0 aromatic heterocycles. The summed E-state index contributed by atoms with van der Waals surface area (Å²) in [5.41, 5.74) is 0. The Bertz CT molecular complexity index is 220. The molecule has 79 valence electrons. The Morgan fingerprint density at radius 2 is 1.00 bits per heavy atom. The molecule has 8 heteroatoms. The van der Waals surface area contributed by atoms with Gasteiger partial charge in [0.05, 0.1) is 0 Å². The molecule has 0 aromatic rings. The molecule has 0 saturated heterocycles. The molecule has 0 heterocycles. The Hall–Kier alpha value is -1.41. The molecule has 0 atom stereocenters. The Balaban J connectivity index is 4.56. The molecule has 0 bridgehead atoms. The van der Waals surface area contributed by atoms with Crippen LogP contribution in [0.3, 0.4) is 0 Å². The second-order valence-electron chi connectivity index (χ2n) is 2.28. The number of carbonyl (C=O) groups is 3. The van der Waals surface area contributed by atoms with Crippen molar-refractivity contribution in [3.05, 3.63) is 0 Å². The quantitative estimate of drug-likeness (QED) is 0.598. The Labute approximate surface area is 81.1 Å². The van der Waals surface area contributed by atoms with Gasteiger partial charge in [0.1, 0.15) is 0 Å². The zero-order valence-electron chi connectivity index (χ0n) is 7.86. The monoisotopic (exact) mass is 221 g/mol. The van der Waals surface area contributed by atoms with Gasteiger partial charge in [0.15, 0.2) is 0 Å². The molecule has 0 aliphatic carbocycles. The van der Waals surface area contributed by atoms with Gasteiger partial charge in [-0.3, -0.25) is 14.4 Å². The van der Waals surface area contributed by atoms with Crippen molar-refractivity contribution >= 4 is 27.0 Å². The molecule has 1 radical (unpaired) electrons. The topological polar surface area (TPSA) is 98.8 Å². The maximum absolute atomic E-state index is 11.3. The minimum Gasteiger partial charge on any atom is -0.431 e. The van der Waals surface area contributed by atoms with Gasteiger partial charge in [-0.25, -0.2) is 0 Å². The Morgan fingerprint density at radius 1 is 0.786 bits per heavy atom. The second-order valence-corrected chi connectivity index (χ2v) is 3.89. The predicted octanol–water partition coefficient (Wildman–Crippen LogP) is -0.458. The third-order valence-electron chi connectivity index (χ3n) is 0.806. The summed E-state index contributed by atoms with van der Waals surface area (Å²) >= 11 is 0. The molecule has 0 aliphatic heterocycles. The zero-order valence-corrected chi connectivity index (χ0v) is 8.86. The Kier molecular flexibility index (Phi) is 4.24. The summed E-state index contributed by atoms with van der Waals surface area (Å²) in [6.45, 7) is 2.81. The van der Waals surface area contributed by atoms with Gasteiger partial charge in [-0.05, 0) is 0 Å². The van der Waals surface area contributed by atoms with Gasteiger partial charge < -0.3 is 13.3 Å². The summed E-state index contributed by atoms with van der Waals surface area (Å²) in [4.78, 5) is 42.7. The summed E-state index contributed by atoms with van der Waals surface area (Å²) in [5.74, 6) is -2.93. The molecule has 0 unspecified atom stereocenters. The van der Waals surface area contributed by atoms with E-state index >= 15 is 0 Å². The molecule has 0 aliphatic rings. The molecule has 0 fully saturated rings. The smallest absolute Gasteiger partial charge is 0.431 e. The van der Waals surface area contributed by atoms with E-state index < -0.39 is 27.0 Å². The highest BCUT2D eigenvalue weighted by Crippen LogP contribution is 2.07. The fraction of sp³-hybridized carbons (Fsp3) is 0.500. The third-order valence-corrected chi connectivity index (χ3v) is 2.42. The first-order valence-electron chi connectivity index (χ1n) is 3.54. The SMILES string of the molecule is CC(=O)O[Si]([O])(OC(C)=O)OC(C)=O. The maximum Gasteiger partial charge on any atom is 0.927 e. The van der Waals surface area contributed by atoms with Gasteiger partial charge >= 0.3 is 9.05 Å². The van der Waals surface area contributed by atoms with Gasteiger partial charge in [0.2, 0.25) is 0 Å². The molecular weight excluding hydrogens is 212 g/mol. The van der Waals surface area contributed by atoms with Crippen LogP contribution in [0.25, 0.3) is 0 Å². The lowest BCUT2D eigenvalue weighted by atomic mass is 10.9. The first kappa shape index (κ1) is 12.6. The molecule has 0 rings (SSSR count). The fourth-order valence-corrected chi connectivity index (χ4v) is 1.77. The normalized spacial score (nSPS) is 10.3. The standard InChI is InChI=1S/C6H9O7Si/c1-4(7)11-14(10,12-5(2)8)13-6(3)9/h1-3H3. The highest BCUT2D eigenvalue weighted by atomic mass is 28.4. The van der Waals surface area contributed by atoms with Gasteiger partial charge in [0.25, 0.3) is 17.9 Å². The number of carbonyl (C=O) groups excluding carboxylic acids is 3. The van der Waals surface area contributed by atoms with Crippen LogP contribution >= 0.6 is 0 Å². The lowest BCUT2D eigenvalue weighted by molar-refractivity contribution is -0.155. The predicted molar refractivity (Wildman–Crippen MR) is 41.7 cm³/mol. The van der Waals surface area contributed by atoms with Crippen LogP contribution in [0.2, 0.25) is 0 Å². The minimum absolute atomic E-state index is 0.937. The molecule has 0 spiro atoms. The van der Waals surface area contributed by atoms with Crippen LogP contribution < -0.4 is 0 Å². The van der Waals surface area contributed by atoms with Crippen LogP contribution in [-0.4, -0.2) is 27.0 Å². The van der Waals surface area contributed by atoms with Crippen molar-refractivity contribution in [2.75, 3.05) is 0 Å². The summed E-state index contributed by atoms with van der Waals surface area (Å²) < 4.78 is 12.4. The largest absolute Gasteiger partial charge is 0.927 e. The van der Waals surface area contributed by atoms with Crippen molar-refractivity contribution < 1.29 is 32.5 Å². The van der Waals surface area contributed by atoms with E-state index in [1.807, 2.05) is 0 Å². The van der Waals surface area contributed by atoms with Crippen molar-refractivity contribution in [1.29, 1.82) is 0 Å². The number of hydrogen-bond acceptors (Lipinski definition) is 6. The van der Waals surface area contributed by atoms with E-state index in [9.17, 15) is 19.2 Å².